The first-order chi connectivity index (χ1) is 8.28. The van der Waals surface area contributed by atoms with Crippen LogP contribution in [0.3, 0.4) is 0 Å². The van der Waals surface area contributed by atoms with Crippen LogP contribution in [-0.4, -0.2) is 48.7 Å². The first-order valence-electron chi connectivity index (χ1n) is 6.94. The van der Waals surface area contributed by atoms with Gasteiger partial charge in [0.2, 0.25) is 0 Å². The summed E-state index contributed by atoms with van der Waals surface area (Å²) < 4.78 is 5.41. The number of hydrogen-bond acceptors (Lipinski definition) is 4. The zero-order valence-corrected chi connectivity index (χ0v) is 12.5. The molecule has 0 saturated carbocycles. The lowest BCUT2D eigenvalue weighted by molar-refractivity contribution is -0.156. The maximum atomic E-state index is 11.9. The number of nitrogens with one attached hydrogen (secondary N) is 1. The number of nitrogens with zero attached hydrogens (tertiary/aromatic N) is 1. The molecular formula is C14H28N2O2. The Kier molecular flexibility index (Phi) is 5.60. The van der Waals surface area contributed by atoms with E-state index < -0.39 is 5.60 Å². The molecule has 0 bridgehead atoms. The van der Waals surface area contributed by atoms with Gasteiger partial charge in [0.1, 0.15) is 5.60 Å². The van der Waals surface area contributed by atoms with Gasteiger partial charge in [-0.15, -0.1) is 0 Å². The highest BCUT2D eigenvalue weighted by Gasteiger charge is 2.26. The molecule has 0 aromatic carbocycles. The van der Waals surface area contributed by atoms with Crippen molar-refractivity contribution in [3.63, 3.8) is 0 Å². The van der Waals surface area contributed by atoms with Crippen molar-refractivity contribution in [2.75, 3.05) is 26.2 Å². The summed E-state index contributed by atoms with van der Waals surface area (Å²) in [7, 11) is 0. The number of carbonyl (C=O) groups is 1. The Bertz CT molecular complexity index is 265. The van der Waals surface area contributed by atoms with Crippen LogP contribution in [0.2, 0.25) is 0 Å². The van der Waals surface area contributed by atoms with Crippen LogP contribution in [0.1, 0.15) is 41.0 Å². The maximum Gasteiger partial charge on any atom is 0.320 e. The molecule has 106 valence electrons. The Hall–Kier alpha value is -0.610. The molecule has 0 aliphatic carbocycles. The Balaban J connectivity index is 2.52. The van der Waals surface area contributed by atoms with Crippen LogP contribution in [-0.2, 0) is 9.53 Å². The lowest BCUT2D eigenvalue weighted by Crippen LogP contribution is -2.44. The highest BCUT2D eigenvalue weighted by Crippen LogP contribution is 2.13. The molecule has 1 aliphatic heterocycles. The molecule has 1 atom stereocenters. The predicted octanol–water partition coefficient (Wildman–Crippen LogP) is 1.65. The quantitative estimate of drug-likeness (QED) is 0.759. The predicted molar refractivity (Wildman–Crippen MR) is 73.5 cm³/mol. The van der Waals surface area contributed by atoms with E-state index in [-0.39, 0.29) is 5.97 Å². The van der Waals surface area contributed by atoms with Crippen LogP contribution in [0.15, 0.2) is 0 Å². The fourth-order valence-electron chi connectivity index (χ4n) is 2.30. The smallest absolute Gasteiger partial charge is 0.320 e. The normalized spacial score (nSPS) is 20.7. The van der Waals surface area contributed by atoms with Gasteiger partial charge in [0, 0.05) is 19.1 Å². The molecule has 1 N–H and O–H groups in total. The summed E-state index contributed by atoms with van der Waals surface area (Å²) in [5.41, 5.74) is -0.394. The number of ether oxygens (including phenoxy) is 1. The van der Waals surface area contributed by atoms with E-state index in [4.69, 9.17) is 4.74 Å². The van der Waals surface area contributed by atoms with Crippen molar-refractivity contribution in [2.24, 2.45) is 5.92 Å². The summed E-state index contributed by atoms with van der Waals surface area (Å²) >= 11 is 0. The molecule has 4 heteroatoms. The van der Waals surface area contributed by atoms with Gasteiger partial charge in [-0.25, -0.2) is 0 Å². The molecule has 0 aromatic rings. The summed E-state index contributed by atoms with van der Waals surface area (Å²) in [5, 5.41) is 3.35. The lowest BCUT2D eigenvalue weighted by atomic mass is 10.1. The van der Waals surface area contributed by atoms with Crippen LogP contribution < -0.4 is 5.32 Å². The zero-order chi connectivity index (χ0) is 13.8. The molecule has 1 heterocycles. The van der Waals surface area contributed by atoms with Gasteiger partial charge in [-0.1, -0.05) is 13.8 Å². The average molecular weight is 256 g/mol. The minimum Gasteiger partial charge on any atom is -0.459 e. The van der Waals surface area contributed by atoms with E-state index in [2.05, 4.69) is 24.1 Å². The van der Waals surface area contributed by atoms with Crippen LogP contribution in [0.25, 0.3) is 0 Å². The molecule has 18 heavy (non-hydrogen) atoms. The van der Waals surface area contributed by atoms with Crippen LogP contribution in [0, 0.1) is 5.92 Å². The monoisotopic (exact) mass is 256 g/mol. The second-order valence-electron chi connectivity index (χ2n) is 6.56. The fourth-order valence-corrected chi connectivity index (χ4v) is 2.30. The van der Waals surface area contributed by atoms with Crippen LogP contribution >= 0.6 is 0 Å². The Morgan fingerprint density at radius 1 is 1.44 bits per heavy atom. The lowest BCUT2D eigenvalue weighted by Gasteiger charge is -2.30. The summed E-state index contributed by atoms with van der Waals surface area (Å²) in [6.45, 7) is 13.5. The maximum absolute atomic E-state index is 11.9. The van der Waals surface area contributed by atoms with Crippen molar-refractivity contribution in [2.45, 2.75) is 52.7 Å². The molecule has 0 aromatic heterocycles. The van der Waals surface area contributed by atoms with Crippen molar-refractivity contribution in [1.82, 2.24) is 10.2 Å². The SMILES string of the molecule is CC(C)CN(CC(=O)OC(C)(C)C)[C@@H]1CCNC1. The van der Waals surface area contributed by atoms with E-state index >= 15 is 0 Å². The van der Waals surface area contributed by atoms with E-state index in [1.54, 1.807) is 0 Å². The third-order valence-electron chi connectivity index (χ3n) is 2.90. The topological polar surface area (TPSA) is 41.6 Å². The van der Waals surface area contributed by atoms with E-state index in [1.165, 1.54) is 0 Å². The highest BCUT2D eigenvalue weighted by molar-refractivity contribution is 5.72. The van der Waals surface area contributed by atoms with Crippen LogP contribution in [0.5, 0.6) is 0 Å². The molecule has 1 aliphatic rings. The molecule has 1 fully saturated rings. The van der Waals surface area contributed by atoms with E-state index in [1.807, 2.05) is 20.8 Å². The van der Waals surface area contributed by atoms with Gasteiger partial charge in [0.15, 0.2) is 0 Å². The van der Waals surface area contributed by atoms with Gasteiger partial charge < -0.3 is 10.1 Å². The van der Waals surface area contributed by atoms with Gasteiger partial charge in [-0.05, 0) is 39.7 Å². The number of carbonyl (C=O) groups excluding carboxylic acids is 1. The van der Waals surface area contributed by atoms with Gasteiger partial charge >= 0.3 is 5.97 Å². The summed E-state index contributed by atoms with van der Waals surface area (Å²) in [6, 6.07) is 0.472. The molecular weight excluding hydrogens is 228 g/mol. The minimum atomic E-state index is -0.394. The van der Waals surface area contributed by atoms with Crippen molar-refractivity contribution in [3.05, 3.63) is 0 Å². The number of rotatable bonds is 5. The van der Waals surface area contributed by atoms with Crippen molar-refractivity contribution < 1.29 is 9.53 Å². The minimum absolute atomic E-state index is 0.116. The molecule has 1 rings (SSSR count). The molecule has 0 amide bonds. The van der Waals surface area contributed by atoms with Gasteiger partial charge in [-0.3, -0.25) is 9.69 Å². The zero-order valence-electron chi connectivity index (χ0n) is 12.5. The standard InChI is InChI=1S/C14H28N2O2/c1-11(2)9-16(12-6-7-15-8-12)10-13(17)18-14(3,4)5/h11-12,15H,6-10H2,1-5H3/t12-/m1/s1. The summed E-state index contributed by atoms with van der Waals surface area (Å²) in [5.74, 6) is 0.447. The van der Waals surface area contributed by atoms with Crippen molar-refractivity contribution in [3.8, 4) is 0 Å². The first kappa shape index (κ1) is 15.4. The molecule has 4 nitrogen and oxygen atoms in total. The fraction of sp³-hybridized carbons (Fsp3) is 0.929. The Labute approximate surface area is 111 Å². The summed E-state index contributed by atoms with van der Waals surface area (Å²) in [4.78, 5) is 14.2. The largest absolute Gasteiger partial charge is 0.459 e. The van der Waals surface area contributed by atoms with Crippen molar-refractivity contribution >= 4 is 5.97 Å². The second kappa shape index (κ2) is 6.53. The van der Waals surface area contributed by atoms with Gasteiger partial charge in [-0.2, -0.15) is 0 Å². The number of hydrogen-bond donors (Lipinski definition) is 1. The van der Waals surface area contributed by atoms with Crippen molar-refractivity contribution in [1.29, 1.82) is 0 Å². The third-order valence-corrected chi connectivity index (χ3v) is 2.90. The highest BCUT2D eigenvalue weighted by atomic mass is 16.6. The Morgan fingerprint density at radius 2 is 2.11 bits per heavy atom. The van der Waals surface area contributed by atoms with E-state index in [9.17, 15) is 4.79 Å². The number of esters is 1. The van der Waals surface area contributed by atoms with Crippen LogP contribution in [0.4, 0.5) is 0 Å². The summed E-state index contributed by atoms with van der Waals surface area (Å²) in [6.07, 6.45) is 1.12. The van der Waals surface area contributed by atoms with E-state index in [0.29, 0.717) is 18.5 Å². The molecule has 1 saturated heterocycles. The average Bonchev–Trinajstić information content (AvgIpc) is 2.64. The second-order valence-corrected chi connectivity index (χ2v) is 6.56. The molecule has 0 spiro atoms. The van der Waals surface area contributed by atoms with Gasteiger partial charge in [0.25, 0.3) is 0 Å². The molecule has 0 unspecified atom stereocenters. The first-order valence-corrected chi connectivity index (χ1v) is 6.94. The molecule has 0 radical (unpaired) electrons. The van der Waals surface area contributed by atoms with Gasteiger partial charge in [0.05, 0.1) is 6.54 Å². The third kappa shape index (κ3) is 5.83. The van der Waals surface area contributed by atoms with E-state index in [0.717, 1.165) is 26.1 Å². The Morgan fingerprint density at radius 3 is 2.56 bits per heavy atom.